The minimum atomic E-state index is -4.22. The van der Waals surface area contributed by atoms with Gasteiger partial charge in [-0.2, -0.15) is 18.3 Å². The molecule has 0 spiro atoms. The van der Waals surface area contributed by atoms with E-state index < -0.39 is 18.8 Å². The van der Waals surface area contributed by atoms with Gasteiger partial charge in [-0.25, -0.2) is 0 Å². The lowest BCUT2D eigenvalue weighted by atomic mass is 10.3. The van der Waals surface area contributed by atoms with Gasteiger partial charge in [0.05, 0.1) is 11.4 Å². The Kier molecular flexibility index (Phi) is 6.95. The molecule has 0 saturated heterocycles. The standard InChI is InChI=1S/C15H20F3N5OS2/c1-10(13(24)19-6-4-7-22(2)9-15(16,17)18)23-12(20-21-14(23)25)11-5-3-8-26-11/h3,5,8,10H,4,6-7,9H2,1-2H3,(H,19,24)(H,21,25). The summed E-state index contributed by atoms with van der Waals surface area (Å²) in [4.78, 5) is 14.4. The van der Waals surface area contributed by atoms with Crippen LogP contribution in [0.1, 0.15) is 19.4 Å². The summed E-state index contributed by atoms with van der Waals surface area (Å²) in [6, 6.07) is 3.17. The first-order valence-electron chi connectivity index (χ1n) is 7.93. The van der Waals surface area contributed by atoms with Gasteiger partial charge >= 0.3 is 6.18 Å². The molecular formula is C15H20F3N5OS2. The highest BCUT2D eigenvalue weighted by molar-refractivity contribution is 7.71. The van der Waals surface area contributed by atoms with E-state index in [1.165, 1.54) is 23.3 Å². The number of aromatic amines is 1. The first kappa shape index (κ1) is 20.6. The highest BCUT2D eigenvalue weighted by Gasteiger charge is 2.28. The normalized spacial score (nSPS) is 13.2. The van der Waals surface area contributed by atoms with Crippen LogP contribution in [0.15, 0.2) is 17.5 Å². The lowest BCUT2D eigenvalue weighted by Gasteiger charge is -2.19. The molecule has 1 amide bonds. The first-order chi connectivity index (χ1) is 12.2. The zero-order valence-electron chi connectivity index (χ0n) is 14.3. The Morgan fingerprint density at radius 1 is 1.54 bits per heavy atom. The molecule has 1 atom stereocenters. The minimum absolute atomic E-state index is 0.236. The van der Waals surface area contributed by atoms with Gasteiger partial charge in [0.25, 0.3) is 0 Å². The Morgan fingerprint density at radius 2 is 2.27 bits per heavy atom. The van der Waals surface area contributed by atoms with E-state index in [1.807, 2.05) is 17.5 Å². The fourth-order valence-corrected chi connectivity index (χ4v) is 3.45. The Balaban J connectivity index is 1.89. The molecule has 6 nitrogen and oxygen atoms in total. The molecule has 0 aliphatic carbocycles. The summed E-state index contributed by atoms with van der Waals surface area (Å²) >= 11 is 6.70. The lowest BCUT2D eigenvalue weighted by molar-refractivity contribution is -0.143. The van der Waals surface area contributed by atoms with Gasteiger partial charge in [-0.3, -0.25) is 19.4 Å². The van der Waals surface area contributed by atoms with Crippen molar-refractivity contribution >= 4 is 29.5 Å². The molecule has 0 radical (unpaired) electrons. The van der Waals surface area contributed by atoms with E-state index in [4.69, 9.17) is 12.2 Å². The molecular weight excluding hydrogens is 387 g/mol. The van der Waals surface area contributed by atoms with Crippen LogP contribution in [0.4, 0.5) is 13.2 Å². The SMILES string of the molecule is CC(C(=O)NCCCN(C)CC(F)(F)F)n1c(-c2cccs2)n[nH]c1=S. The summed E-state index contributed by atoms with van der Waals surface area (Å²) in [5, 5.41) is 11.5. The number of amides is 1. The average molecular weight is 407 g/mol. The van der Waals surface area contributed by atoms with Crippen molar-refractivity contribution < 1.29 is 18.0 Å². The topological polar surface area (TPSA) is 66.0 Å². The number of thiophene rings is 1. The summed E-state index contributed by atoms with van der Waals surface area (Å²) < 4.78 is 38.8. The average Bonchev–Trinajstić information content (AvgIpc) is 3.18. The number of carbonyl (C=O) groups excluding carboxylic acids is 1. The number of rotatable bonds is 8. The highest BCUT2D eigenvalue weighted by Crippen LogP contribution is 2.25. The molecule has 26 heavy (non-hydrogen) atoms. The number of carbonyl (C=O) groups is 1. The van der Waals surface area contributed by atoms with Crippen LogP contribution in [0.25, 0.3) is 10.7 Å². The predicted octanol–water partition coefficient (Wildman–Crippen LogP) is 3.23. The molecule has 1 unspecified atom stereocenters. The maximum Gasteiger partial charge on any atom is 0.401 e. The number of aromatic nitrogens is 3. The first-order valence-corrected chi connectivity index (χ1v) is 9.21. The fraction of sp³-hybridized carbons (Fsp3) is 0.533. The Morgan fingerprint density at radius 3 is 2.88 bits per heavy atom. The molecule has 0 aliphatic heterocycles. The van der Waals surface area contributed by atoms with Crippen LogP contribution >= 0.6 is 23.6 Å². The Hall–Kier alpha value is -1.72. The predicted molar refractivity (Wildman–Crippen MR) is 96.6 cm³/mol. The van der Waals surface area contributed by atoms with Crippen LogP contribution in [-0.4, -0.2) is 58.4 Å². The number of alkyl halides is 3. The van der Waals surface area contributed by atoms with E-state index >= 15 is 0 Å². The number of nitrogens with zero attached hydrogens (tertiary/aromatic N) is 3. The molecule has 11 heteroatoms. The third kappa shape index (κ3) is 5.64. The summed E-state index contributed by atoms with van der Waals surface area (Å²) in [7, 11) is 1.40. The monoisotopic (exact) mass is 407 g/mol. The number of hydrogen-bond donors (Lipinski definition) is 2. The number of halogens is 3. The van der Waals surface area contributed by atoms with E-state index in [1.54, 1.807) is 11.5 Å². The largest absolute Gasteiger partial charge is 0.401 e. The van der Waals surface area contributed by atoms with E-state index in [0.717, 1.165) is 4.88 Å². The van der Waals surface area contributed by atoms with Gasteiger partial charge in [0.1, 0.15) is 6.04 Å². The van der Waals surface area contributed by atoms with Crippen molar-refractivity contribution in [1.29, 1.82) is 0 Å². The summed E-state index contributed by atoms with van der Waals surface area (Å²) in [6.45, 7) is 1.25. The van der Waals surface area contributed by atoms with E-state index in [-0.39, 0.29) is 19.0 Å². The van der Waals surface area contributed by atoms with Crippen molar-refractivity contribution in [2.45, 2.75) is 25.6 Å². The highest BCUT2D eigenvalue weighted by atomic mass is 32.1. The number of hydrogen-bond acceptors (Lipinski definition) is 5. The van der Waals surface area contributed by atoms with Crippen molar-refractivity contribution in [2.24, 2.45) is 0 Å². The third-order valence-corrected chi connectivity index (χ3v) is 4.83. The molecule has 0 fully saturated rings. The van der Waals surface area contributed by atoms with Gasteiger partial charge in [0.15, 0.2) is 10.6 Å². The maximum absolute atomic E-state index is 12.4. The van der Waals surface area contributed by atoms with Crippen molar-refractivity contribution in [3.8, 4) is 10.7 Å². The van der Waals surface area contributed by atoms with Crippen LogP contribution in [0.3, 0.4) is 0 Å². The Labute approximate surface area is 158 Å². The van der Waals surface area contributed by atoms with Crippen LogP contribution in [0.5, 0.6) is 0 Å². The van der Waals surface area contributed by atoms with Crippen LogP contribution < -0.4 is 5.32 Å². The van der Waals surface area contributed by atoms with Crippen molar-refractivity contribution in [3.63, 3.8) is 0 Å². The van der Waals surface area contributed by atoms with E-state index in [0.29, 0.717) is 17.0 Å². The van der Waals surface area contributed by atoms with Gasteiger partial charge in [0.2, 0.25) is 5.91 Å². The molecule has 2 aromatic rings. The second-order valence-corrected chi connectivity index (χ2v) is 7.21. The van der Waals surface area contributed by atoms with Gasteiger partial charge in [-0.1, -0.05) is 6.07 Å². The van der Waals surface area contributed by atoms with E-state index in [9.17, 15) is 18.0 Å². The molecule has 0 aromatic carbocycles. The van der Waals surface area contributed by atoms with Crippen molar-refractivity contribution in [2.75, 3.05) is 26.7 Å². The lowest BCUT2D eigenvalue weighted by Crippen LogP contribution is -2.35. The fourth-order valence-electron chi connectivity index (χ4n) is 2.45. The molecule has 2 rings (SSSR count). The van der Waals surface area contributed by atoms with Gasteiger partial charge in [-0.15, -0.1) is 11.3 Å². The minimum Gasteiger partial charge on any atom is -0.354 e. The second kappa shape index (κ2) is 8.78. The van der Waals surface area contributed by atoms with Crippen molar-refractivity contribution in [3.05, 3.63) is 22.3 Å². The maximum atomic E-state index is 12.4. The van der Waals surface area contributed by atoms with E-state index in [2.05, 4.69) is 15.5 Å². The molecule has 2 heterocycles. The zero-order valence-corrected chi connectivity index (χ0v) is 16.0. The third-order valence-electron chi connectivity index (χ3n) is 3.68. The summed E-state index contributed by atoms with van der Waals surface area (Å²) in [5.41, 5.74) is 0. The number of H-pyrrole nitrogens is 1. The van der Waals surface area contributed by atoms with Crippen LogP contribution in [0.2, 0.25) is 0 Å². The quantitative estimate of drug-likeness (QED) is 0.521. The Bertz CT molecular complexity index is 769. The molecule has 144 valence electrons. The molecule has 2 N–H and O–H groups in total. The molecule has 0 bridgehead atoms. The van der Waals surface area contributed by atoms with Crippen LogP contribution in [-0.2, 0) is 4.79 Å². The van der Waals surface area contributed by atoms with Crippen molar-refractivity contribution in [1.82, 2.24) is 25.0 Å². The smallest absolute Gasteiger partial charge is 0.354 e. The summed E-state index contributed by atoms with van der Waals surface area (Å²) in [5.74, 6) is 0.316. The van der Waals surface area contributed by atoms with Gasteiger partial charge in [-0.05, 0) is 50.6 Å². The number of nitrogens with one attached hydrogen (secondary N) is 2. The molecule has 0 aliphatic rings. The summed E-state index contributed by atoms with van der Waals surface area (Å²) in [6.07, 6.45) is -3.80. The molecule has 2 aromatic heterocycles. The molecule has 0 saturated carbocycles. The van der Waals surface area contributed by atoms with Gasteiger partial charge in [0, 0.05) is 6.54 Å². The zero-order chi connectivity index (χ0) is 19.3. The van der Waals surface area contributed by atoms with Gasteiger partial charge < -0.3 is 5.32 Å². The second-order valence-electron chi connectivity index (χ2n) is 5.87. The van der Waals surface area contributed by atoms with Crippen LogP contribution in [0, 0.1) is 4.77 Å².